The average Bonchev–Trinajstić information content (AvgIpc) is 1.88. The van der Waals surface area contributed by atoms with Gasteiger partial charge in [-0.05, 0) is 0 Å². The summed E-state index contributed by atoms with van der Waals surface area (Å²) in [5, 5.41) is 10.7. The van der Waals surface area contributed by atoms with Gasteiger partial charge in [0.1, 0.15) is 12.0 Å². The van der Waals surface area contributed by atoms with Gasteiger partial charge in [0.25, 0.3) is 5.39 Å². The van der Waals surface area contributed by atoms with E-state index >= 15 is 0 Å². The lowest BCUT2D eigenvalue weighted by atomic mass is 10.6. The van der Waals surface area contributed by atoms with Crippen molar-refractivity contribution in [3.63, 3.8) is 0 Å². The molecule has 0 unspecified atom stereocenters. The minimum Gasteiger partial charge on any atom is -0.383 e. The molecule has 6 heteroatoms. The summed E-state index contributed by atoms with van der Waals surface area (Å²) in [5.74, 6) is 0.102. The van der Waals surface area contributed by atoms with Crippen LogP contribution in [0.5, 0.6) is 0 Å². The average molecular weight is 138 g/mol. The van der Waals surface area contributed by atoms with Gasteiger partial charge in [-0.2, -0.15) is 4.98 Å². The standard InChI is InChI=1S/C4H3N5O/c5-3-1-2-9(8-6)4(10)7-3/h1-2H,(H-,5,7,10)/p+1. The molecule has 1 aromatic heterocycles. The fraction of sp³-hybridized carbons (Fsp3) is 0. The molecule has 1 rings (SSSR count). The molecule has 0 saturated heterocycles. The van der Waals surface area contributed by atoms with Gasteiger partial charge < -0.3 is 5.73 Å². The highest BCUT2D eigenvalue weighted by atomic mass is 16.1. The topological polar surface area (TPSA) is 89.1 Å². The largest absolute Gasteiger partial charge is 0.423 e. The van der Waals surface area contributed by atoms with E-state index in [1.165, 1.54) is 12.3 Å². The maximum absolute atomic E-state index is 10.6. The first kappa shape index (κ1) is 6.22. The van der Waals surface area contributed by atoms with Crippen LogP contribution in [-0.2, 0) is 0 Å². The number of nitrogen functional groups attached to an aromatic ring is 1. The van der Waals surface area contributed by atoms with Crippen LogP contribution in [0.2, 0.25) is 0 Å². The summed E-state index contributed by atoms with van der Waals surface area (Å²) in [5.41, 5.74) is 4.43. The van der Waals surface area contributed by atoms with Gasteiger partial charge in [0.15, 0.2) is 0 Å². The number of nitrogens with two attached hydrogens (primary N) is 1. The zero-order valence-corrected chi connectivity index (χ0v) is 4.93. The van der Waals surface area contributed by atoms with Crippen LogP contribution in [0.25, 0.3) is 5.08 Å². The molecule has 0 fully saturated rings. The van der Waals surface area contributed by atoms with E-state index in [1.54, 1.807) is 0 Å². The minimum absolute atomic E-state index is 0.102. The van der Waals surface area contributed by atoms with E-state index < -0.39 is 5.69 Å². The highest BCUT2D eigenvalue weighted by Gasteiger charge is 2.03. The Balaban J connectivity index is 3.38. The van der Waals surface area contributed by atoms with Crippen LogP contribution in [0.4, 0.5) is 5.82 Å². The Kier molecular flexibility index (Phi) is 1.33. The third-order valence-corrected chi connectivity index (χ3v) is 0.904. The second-order valence-corrected chi connectivity index (χ2v) is 1.57. The summed E-state index contributed by atoms with van der Waals surface area (Å²) in [6.07, 6.45) is 1.21. The first-order valence-electron chi connectivity index (χ1n) is 2.44. The van der Waals surface area contributed by atoms with E-state index in [4.69, 9.17) is 11.1 Å². The van der Waals surface area contributed by atoms with E-state index in [1.807, 2.05) is 0 Å². The molecular formula is C4H4N5O+. The van der Waals surface area contributed by atoms with Crippen LogP contribution >= 0.6 is 0 Å². The zero-order chi connectivity index (χ0) is 7.56. The molecule has 0 saturated carbocycles. The molecule has 0 aromatic carbocycles. The first-order chi connectivity index (χ1) is 4.74. The van der Waals surface area contributed by atoms with E-state index in [-0.39, 0.29) is 5.82 Å². The fourth-order valence-electron chi connectivity index (χ4n) is 0.478. The summed E-state index contributed by atoms with van der Waals surface area (Å²) in [7, 11) is 0. The van der Waals surface area contributed by atoms with Gasteiger partial charge in [-0.3, -0.25) is 0 Å². The number of hydrogen-bond acceptors (Lipinski definition) is 4. The van der Waals surface area contributed by atoms with Crippen molar-refractivity contribution in [2.75, 3.05) is 5.73 Å². The van der Waals surface area contributed by atoms with Crippen LogP contribution in [0, 0.1) is 5.39 Å². The lowest BCUT2D eigenvalue weighted by Gasteiger charge is -1.82. The highest BCUT2D eigenvalue weighted by Crippen LogP contribution is 1.87. The van der Waals surface area contributed by atoms with Crippen molar-refractivity contribution >= 4 is 5.82 Å². The van der Waals surface area contributed by atoms with Crippen LogP contribution in [0.1, 0.15) is 0 Å². The molecule has 50 valence electrons. The molecule has 10 heavy (non-hydrogen) atoms. The summed E-state index contributed by atoms with van der Waals surface area (Å²) in [4.78, 5) is 13.9. The molecule has 0 atom stereocenters. The number of diazo groups is 1. The van der Waals surface area contributed by atoms with Crippen molar-refractivity contribution in [2.45, 2.75) is 0 Å². The Morgan fingerprint density at radius 1 is 1.80 bits per heavy atom. The molecule has 0 radical (unpaired) electrons. The Morgan fingerprint density at radius 3 is 3.00 bits per heavy atom. The third-order valence-electron chi connectivity index (χ3n) is 0.904. The Morgan fingerprint density at radius 2 is 2.50 bits per heavy atom. The Labute approximate surface area is 55.5 Å². The number of rotatable bonds is 0. The van der Waals surface area contributed by atoms with Crippen LogP contribution in [-0.4, -0.2) is 9.66 Å². The van der Waals surface area contributed by atoms with Gasteiger partial charge in [0, 0.05) is 6.07 Å². The van der Waals surface area contributed by atoms with Gasteiger partial charge in [0.05, 0.1) is 4.68 Å². The molecule has 0 amide bonds. The number of hydrogen-bond donors (Lipinski definition) is 1. The van der Waals surface area contributed by atoms with E-state index in [0.717, 1.165) is 0 Å². The zero-order valence-electron chi connectivity index (χ0n) is 4.93. The highest BCUT2D eigenvalue weighted by molar-refractivity contribution is 5.23. The van der Waals surface area contributed by atoms with Crippen LogP contribution in [0.15, 0.2) is 17.1 Å². The molecule has 0 bridgehead atoms. The monoisotopic (exact) mass is 138 g/mol. The second kappa shape index (κ2) is 2.14. The second-order valence-electron chi connectivity index (χ2n) is 1.57. The predicted octanol–water partition coefficient (Wildman–Crippen LogP) is -0.558. The molecule has 0 aliphatic heterocycles. The molecular weight excluding hydrogens is 134 g/mol. The number of nitrogens with zero attached hydrogens (tertiary/aromatic N) is 4. The Bertz CT molecular complexity index is 334. The third kappa shape index (κ3) is 0.925. The minimum atomic E-state index is -0.706. The van der Waals surface area contributed by atoms with Crippen LogP contribution < -0.4 is 11.4 Å². The number of anilines is 1. The first-order valence-corrected chi connectivity index (χ1v) is 2.44. The van der Waals surface area contributed by atoms with Crippen molar-refractivity contribution < 1.29 is 0 Å². The molecule has 2 N–H and O–H groups in total. The molecule has 0 aliphatic rings. The van der Waals surface area contributed by atoms with Crippen molar-refractivity contribution in [3.05, 3.63) is 27.8 Å². The molecule has 0 spiro atoms. The fourth-order valence-corrected chi connectivity index (χ4v) is 0.478. The maximum Gasteiger partial charge on any atom is 0.423 e. The quantitative estimate of drug-likeness (QED) is 0.486. The lowest BCUT2D eigenvalue weighted by Crippen LogP contribution is -2.18. The van der Waals surface area contributed by atoms with E-state index in [2.05, 4.69) is 10.1 Å². The summed E-state index contributed by atoms with van der Waals surface area (Å²) in [6, 6.07) is 1.35. The molecule has 0 aliphatic carbocycles. The van der Waals surface area contributed by atoms with Crippen LogP contribution in [0.3, 0.4) is 0 Å². The van der Waals surface area contributed by atoms with Crippen molar-refractivity contribution in [3.8, 4) is 0 Å². The maximum atomic E-state index is 10.6. The van der Waals surface area contributed by atoms with E-state index in [9.17, 15) is 4.79 Å². The van der Waals surface area contributed by atoms with Gasteiger partial charge in [-0.25, -0.2) is 4.79 Å². The van der Waals surface area contributed by atoms with Crippen molar-refractivity contribution in [1.29, 1.82) is 5.39 Å². The van der Waals surface area contributed by atoms with Gasteiger partial charge in [-0.15, -0.1) is 0 Å². The molecule has 1 heterocycles. The summed E-state index contributed by atoms with van der Waals surface area (Å²) < 4.78 is 0.663. The van der Waals surface area contributed by atoms with Crippen molar-refractivity contribution in [1.82, 2.24) is 9.66 Å². The van der Waals surface area contributed by atoms with Crippen molar-refractivity contribution in [2.24, 2.45) is 0 Å². The molecule has 1 aromatic rings. The molecule has 6 nitrogen and oxygen atoms in total. The Hall–Kier alpha value is -1.90. The van der Waals surface area contributed by atoms with E-state index in [0.29, 0.717) is 4.68 Å². The summed E-state index contributed by atoms with van der Waals surface area (Å²) in [6.45, 7) is 0. The van der Waals surface area contributed by atoms with Gasteiger partial charge in [0.2, 0.25) is 0 Å². The van der Waals surface area contributed by atoms with Gasteiger partial charge in [-0.1, -0.05) is 0 Å². The predicted molar refractivity (Wildman–Crippen MR) is 33.4 cm³/mol. The normalized spacial score (nSPS) is 8.70. The number of aromatic nitrogens is 2. The SMILES string of the molecule is N#[N+]n1ccc(N)nc1=O. The summed E-state index contributed by atoms with van der Waals surface area (Å²) >= 11 is 0. The van der Waals surface area contributed by atoms with Gasteiger partial charge >= 0.3 is 10.8 Å². The lowest BCUT2D eigenvalue weighted by molar-refractivity contribution is 0.891. The smallest absolute Gasteiger partial charge is 0.383 e.